The zero-order valence-electron chi connectivity index (χ0n) is 19.4. The lowest BCUT2D eigenvalue weighted by Crippen LogP contribution is -2.18. The zero-order valence-corrected chi connectivity index (χ0v) is 19.4. The molecule has 156 valence electrons. The topological polar surface area (TPSA) is 23.5 Å². The van der Waals surface area contributed by atoms with Crippen LogP contribution in [0.5, 0.6) is 5.75 Å². The molecule has 1 N–H and O–H groups in total. The third-order valence-corrected chi connectivity index (χ3v) is 4.97. The van der Waals surface area contributed by atoms with Crippen molar-refractivity contribution in [2.24, 2.45) is 0 Å². The molecule has 0 spiro atoms. The maximum Gasteiger partial charge on any atom is 0.119 e. The molecule has 0 fully saturated rings. The van der Waals surface area contributed by atoms with Gasteiger partial charge in [-0.2, -0.15) is 0 Å². The third-order valence-electron chi connectivity index (χ3n) is 4.97. The molecule has 0 saturated heterocycles. The van der Waals surface area contributed by atoms with Gasteiger partial charge in [-0.15, -0.1) is 0 Å². The van der Waals surface area contributed by atoms with Gasteiger partial charge >= 0.3 is 0 Å². The molecule has 1 aliphatic rings. The Morgan fingerprint density at radius 1 is 1.21 bits per heavy atom. The SMILES string of the molecule is C=C(C)N1CC(C)=C(CC)C1.C=C/C(C)=C\C.Cc1ccc(C(C)C)c(O)c1. The largest absolute Gasteiger partial charge is 0.508 e. The zero-order chi connectivity index (χ0) is 21.9. The van der Waals surface area contributed by atoms with Gasteiger partial charge in [-0.25, -0.2) is 0 Å². The number of phenols is 1. The molecule has 0 aliphatic carbocycles. The number of hydrogen-bond donors (Lipinski definition) is 1. The van der Waals surface area contributed by atoms with E-state index in [1.165, 1.54) is 23.3 Å². The Bertz CT molecular complexity index is 707. The molecule has 0 atom stereocenters. The standard InChI is InChI=1S/C10H17N.C10H14O.C6H10/c1-5-10-7-11(8(2)3)6-9(10)4;1-7(2)9-5-4-8(3)6-10(9)11;1-4-6(3)5-2/h2,5-7H2,1,3-4H3;4-7,11H,1-3H3;4-5H,1H2,2-3H3/b;;6-5-. The first kappa shape index (κ1) is 25.8. The summed E-state index contributed by atoms with van der Waals surface area (Å²) < 4.78 is 0. The van der Waals surface area contributed by atoms with Crippen LogP contribution in [0.4, 0.5) is 0 Å². The monoisotopic (exact) mass is 383 g/mol. The van der Waals surface area contributed by atoms with Gasteiger partial charge < -0.3 is 10.0 Å². The Labute approximate surface area is 174 Å². The molecule has 1 aromatic carbocycles. The first-order valence-corrected chi connectivity index (χ1v) is 10.2. The molecule has 0 aromatic heterocycles. The van der Waals surface area contributed by atoms with E-state index in [2.05, 4.69) is 52.7 Å². The van der Waals surface area contributed by atoms with Gasteiger partial charge in [0.15, 0.2) is 0 Å². The minimum absolute atomic E-state index is 0.399. The van der Waals surface area contributed by atoms with Gasteiger partial charge in [0, 0.05) is 18.8 Å². The van der Waals surface area contributed by atoms with Crippen molar-refractivity contribution >= 4 is 0 Å². The minimum atomic E-state index is 0.399. The highest BCUT2D eigenvalue weighted by atomic mass is 16.3. The van der Waals surface area contributed by atoms with Crippen molar-refractivity contribution in [2.75, 3.05) is 13.1 Å². The molecule has 1 aromatic rings. The van der Waals surface area contributed by atoms with Crippen molar-refractivity contribution in [3.05, 3.63) is 77.1 Å². The van der Waals surface area contributed by atoms with Crippen LogP contribution < -0.4 is 0 Å². The molecular formula is C26H41NO. The van der Waals surface area contributed by atoms with Gasteiger partial charge in [-0.05, 0) is 64.2 Å². The molecule has 2 rings (SSSR count). The number of rotatable bonds is 4. The number of phenolic OH excluding ortho intramolecular Hbond substituents is 1. The van der Waals surface area contributed by atoms with E-state index < -0.39 is 0 Å². The van der Waals surface area contributed by atoms with Gasteiger partial charge in [-0.3, -0.25) is 0 Å². The molecule has 1 heterocycles. The summed E-state index contributed by atoms with van der Waals surface area (Å²) in [4.78, 5) is 2.33. The average Bonchev–Trinajstić information content (AvgIpc) is 3.03. The lowest BCUT2D eigenvalue weighted by Gasteiger charge is -2.17. The molecular weight excluding hydrogens is 342 g/mol. The van der Waals surface area contributed by atoms with Crippen molar-refractivity contribution in [1.82, 2.24) is 4.90 Å². The summed E-state index contributed by atoms with van der Waals surface area (Å²) in [5, 5.41) is 9.46. The second kappa shape index (κ2) is 13.0. The van der Waals surface area contributed by atoms with Crippen LogP contribution in [0, 0.1) is 6.92 Å². The number of benzene rings is 1. The van der Waals surface area contributed by atoms with E-state index in [-0.39, 0.29) is 0 Å². The number of nitrogens with zero attached hydrogens (tertiary/aromatic N) is 1. The molecule has 0 bridgehead atoms. The third kappa shape index (κ3) is 9.12. The van der Waals surface area contributed by atoms with Gasteiger partial charge in [0.05, 0.1) is 0 Å². The fourth-order valence-electron chi connectivity index (χ4n) is 2.76. The van der Waals surface area contributed by atoms with Gasteiger partial charge in [0.1, 0.15) is 5.75 Å². The fourth-order valence-corrected chi connectivity index (χ4v) is 2.76. The van der Waals surface area contributed by atoms with Crippen LogP contribution in [0.15, 0.2) is 65.9 Å². The second-order valence-electron chi connectivity index (χ2n) is 7.78. The molecule has 0 unspecified atom stereocenters. The predicted molar refractivity (Wildman–Crippen MR) is 126 cm³/mol. The molecule has 0 saturated carbocycles. The number of aromatic hydroxyl groups is 1. The Hall–Kier alpha value is -2.22. The highest BCUT2D eigenvalue weighted by Gasteiger charge is 2.16. The van der Waals surface area contributed by atoms with Crippen molar-refractivity contribution in [3.63, 3.8) is 0 Å². The Kier molecular flexibility index (Phi) is 12.0. The van der Waals surface area contributed by atoms with Crippen LogP contribution in [0.2, 0.25) is 0 Å². The first-order chi connectivity index (χ1) is 13.1. The van der Waals surface area contributed by atoms with Crippen molar-refractivity contribution in [2.45, 2.75) is 67.7 Å². The average molecular weight is 384 g/mol. The smallest absolute Gasteiger partial charge is 0.119 e. The van der Waals surface area contributed by atoms with Crippen molar-refractivity contribution in [3.8, 4) is 5.75 Å². The maximum absolute atomic E-state index is 9.46. The van der Waals surface area contributed by atoms with Crippen molar-refractivity contribution in [1.29, 1.82) is 0 Å². The maximum atomic E-state index is 9.46. The van der Waals surface area contributed by atoms with E-state index in [1.54, 1.807) is 11.6 Å². The van der Waals surface area contributed by atoms with E-state index in [4.69, 9.17) is 0 Å². The van der Waals surface area contributed by atoms with Crippen LogP contribution in [0.25, 0.3) is 0 Å². The van der Waals surface area contributed by atoms with E-state index in [0.717, 1.165) is 24.2 Å². The number of allylic oxidation sites excluding steroid dienone is 4. The summed E-state index contributed by atoms with van der Waals surface area (Å²) in [5.41, 5.74) is 7.67. The van der Waals surface area contributed by atoms with E-state index >= 15 is 0 Å². The van der Waals surface area contributed by atoms with Gasteiger partial charge in [0.25, 0.3) is 0 Å². The first-order valence-electron chi connectivity index (χ1n) is 10.2. The Balaban J connectivity index is 0.000000411. The second-order valence-corrected chi connectivity index (χ2v) is 7.78. The number of aryl methyl sites for hydroxylation is 1. The molecule has 0 radical (unpaired) electrons. The van der Waals surface area contributed by atoms with Crippen molar-refractivity contribution < 1.29 is 5.11 Å². The van der Waals surface area contributed by atoms with Gasteiger partial charge in [-0.1, -0.05) is 74.9 Å². The van der Waals surface area contributed by atoms with E-state index in [1.807, 2.05) is 45.1 Å². The van der Waals surface area contributed by atoms with Crippen LogP contribution >= 0.6 is 0 Å². The molecule has 2 nitrogen and oxygen atoms in total. The van der Waals surface area contributed by atoms with Crippen LogP contribution in [0.1, 0.15) is 71.9 Å². The van der Waals surface area contributed by atoms with E-state index in [9.17, 15) is 5.11 Å². The van der Waals surface area contributed by atoms with Crippen LogP contribution in [-0.4, -0.2) is 23.1 Å². The lowest BCUT2D eigenvalue weighted by atomic mass is 10.0. The highest BCUT2D eigenvalue weighted by Crippen LogP contribution is 2.25. The summed E-state index contributed by atoms with van der Waals surface area (Å²) in [7, 11) is 0. The normalized spacial score (nSPS) is 13.6. The minimum Gasteiger partial charge on any atom is -0.508 e. The molecule has 1 aliphatic heterocycles. The van der Waals surface area contributed by atoms with Gasteiger partial charge in [0.2, 0.25) is 0 Å². The molecule has 28 heavy (non-hydrogen) atoms. The summed E-state index contributed by atoms with van der Waals surface area (Å²) >= 11 is 0. The Morgan fingerprint density at radius 2 is 1.82 bits per heavy atom. The Morgan fingerprint density at radius 3 is 2.11 bits per heavy atom. The predicted octanol–water partition coefficient (Wildman–Crippen LogP) is 7.52. The summed E-state index contributed by atoms with van der Waals surface area (Å²) in [5.74, 6) is 0.815. The van der Waals surface area contributed by atoms with Crippen LogP contribution in [-0.2, 0) is 0 Å². The number of hydrogen-bond acceptors (Lipinski definition) is 2. The summed E-state index contributed by atoms with van der Waals surface area (Å²) in [6, 6.07) is 5.81. The fraction of sp³-hybridized carbons (Fsp3) is 0.462. The van der Waals surface area contributed by atoms with E-state index in [0.29, 0.717) is 11.7 Å². The van der Waals surface area contributed by atoms with Crippen LogP contribution in [0.3, 0.4) is 0 Å². The summed E-state index contributed by atoms with van der Waals surface area (Å²) in [6.07, 6.45) is 5.04. The highest BCUT2D eigenvalue weighted by molar-refractivity contribution is 5.37. The molecule has 0 amide bonds. The quantitative estimate of drug-likeness (QED) is 0.429. The molecule has 2 heteroatoms. The summed E-state index contributed by atoms with van der Waals surface area (Å²) in [6.45, 7) is 26.4. The lowest BCUT2D eigenvalue weighted by molar-refractivity contribution is 0.434.